The third kappa shape index (κ3) is 3.50. The van der Waals surface area contributed by atoms with Gasteiger partial charge in [0.25, 0.3) is 5.91 Å². The first kappa shape index (κ1) is 12.0. The van der Waals surface area contributed by atoms with Crippen molar-refractivity contribution in [2.24, 2.45) is 0 Å². The number of carbonyl (C=O) groups is 1. The monoisotopic (exact) mass is 231 g/mol. The normalized spacial score (nSPS) is 12.2. The molecule has 0 spiro atoms. The van der Waals surface area contributed by atoms with Crippen LogP contribution in [-0.4, -0.2) is 42.5 Å². The number of thiophene rings is 1. The van der Waals surface area contributed by atoms with Crippen molar-refractivity contribution in [3.8, 4) is 5.06 Å². The van der Waals surface area contributed by atoms with Crippen molar-refractivity contribution in [2.45, 2.75) is 6.10 Å². The van der Waals surface area contributed by atoms with Gasteiger partial charge < -0.3 is 20.3 Å². The molecule has 0 aliphatic rings. The number of aliphatic hydroxyl groups excluding tert-OH is 2. The van der Waals surface area contributed by atoms with E-state index in [-0.39, 0.29) is 19.1 Å². The summed E-state index contributed by atoms with van der Waals surface area (Å²) < 4.78 is 5.16. The standard InChI is InChI=1S/C9H13NO4S/c1-10-9(13)7-2-3-8(15-7)14-5-6(12)4-11/h2-3,6,11-12H,4-5H2,1H3,(H,10,13). The van der Waals surface area contributed by atoms with Crippen molar-refractivity contribution in [3.05, 3.63) is 17.0 Å². The highest BCUT2D eigenvalue weighted by Gasteiger charge is 2.09. The second-order valence-corrected chi connectivity index (χ2v) is 3.89. The van der Waals surface area contributed by atoms with Crippen LogP contribution in [0.2, 0.25) is 0 Å². The van der Waals surface area contributed by atoms with Gasteiger partial charge in [0, 0.05) is 7.05 Å². The molecule has 0 bridgehead atoms. The summed E-state index contributed by atoms with van der Waals surface area (Å²) in [6.07, 6.45) is -0.893. The van der Waals surface area contributed by atoms with Crippen molar-refractivity contribution in [3.63, 3.8) is 0 Å². The topological polar surface area (TPSA) is 78.8 Å². The Morgan fingerprint density at radius 3 is 3.00 bits per heavy atom. The van der Waals surface area contributed by atoms with Crippen LogP contribution in [-0.2, 0) is 0 Å². The maximum Gasteiger partial charge on any atom is 0.261 e. The van der Waals surface area contributed by atoms with Crippen LogP contribution in [0.1, 0.15) is 9.67 Å². The lowest BCUT2D eigenvalue weighted by Gasteiger charge is -2.06. The number of carbonyl (C=O) groups excluding carboxylic acids is 1. The second kappa shape index (κ2) is 5.69. The van der Waals surface area contributed by atoms with Crippen molar-refractivity contribution in [1.29, 1.82) is 0 Å². The minimum atomic E-state index is -0.893. The van der Waals surface area contributed by atoms with Crippen LogP contribution in [0.25, 0.3) is 0 Å². The Bertz CT molecular complexity index is 326. The zero-order chi connectivity index (χ0) is 11.3. The Labute approximate surface area is 91.3 Å². The molecule has 0 saturated carbocycles. The Kier molecular flexibility index (Phi) is 4.54. The molecule has 1 atom stereocenters. The van der Waals surface area contributed by atoms with Crippen molar-refractivity contribution < 1.29 is 19.7 Å². The molecule has 1 aromatic rings. The molecule has 5 nitrogen and oxygen atoms in total. The quantitative estimate of drug-likeness (QED) is 0.658. The van der Waals surface area contributed by atoms with Gasteiger partial charge in [-0.05, 0) is 12.1 Å². The highest BCUT2D eigenvalue weighted by molar-refractivity contribution is 7.15. The molecule has 84 valence electrons. The highest BCUT2D eigenvalue weighted by Crippen LogP contribution is 2.24. The molecule has 0 saturated heterocycles. The molecule has 0 fully saturated rings. The summed E-state index contributed by atoms with van der Waals surface area (Å²) >= 11 is 1.19. The molecule has 1 unspecified atom stereocenters. The molecule has 3 N–H and O–H groups in total. The third-order valence-electron chi connectivity index (χ3n) is 1.66. The first-order valence-electron chi connectivity index (χ1n) is 4.41. The molecule has 15 heavy (non-hydrogen) atoms. The fraction of sp³-hybridized carbons (Fsp3) is 0.444. The lowest BCUT2D eigenvalue weighted by atomic mass is 10.4. The van der Waals surface area contributed by atoms with Crippen LogP contribution in [0, 0.1) is 0 Å². The summed E-state index contributed by atoms with van der Waals surface area (Å²) in [5, 5.41) is 20.6. The first-order valence-corrected chi connectivity index (χ1v) is 5.22. The van der Waals surface area contributed by atoms with Crippen LogP contribution >= 0.6 is 11.3 Å². The second-order valence-electron chi connectivity index (χ2n) is 2.85. The fourth-order valence-corrected chi connectivity index (χ4v) is 1.68. The molecule has 6 heteroatoms. The molecule has 0 aliphatic heterocycles. The summed E-state index contributed by atoms with van der Waals surface area (Å²) in [7, 11) is 1.55. The molecule has 0 aliphatic carbocycles. The van der Waals surface area contributed by atoms with Crippen LogP contribution in [0.4, 0.5) is 0 Å². The SMILES string of the molecule is CNC(=O)c1ccc(OCC(O)CO)s1. The lowest BCUT2D eigenvalue weighted by molar-refractivity contribution is 0.0548. The summed E-state index contributed by atoms with van der Waals surface area (Å²) in [6.45, 7) is -0.322. The molecule has 1 heterocycles. The maximum absolute atomic E-state index is 11.2. The Morgan fingerprint density at radius 1 is 1.67 bits per heavy atom. The predicted molar refractivity (Wildman–Crippen MR) is 56.3 cm³/mol. The largest absolute Gasteiger partial charge is 0.481 e. The first-order chi connectivity index (χ1) is 7.17. The van der Waals surface area contributed by atoms with E-state index in [0.29, 0.717) is 9.94 Å². The van der Waals surface area contributed by atoms with Gasteiger partial charge in [0.05, 0.1) is 11.5 Å². The number of amides is 1. The number of ether oxygens (including phenoxy) is 1. The number of rotatable bonds is 5. The summed E-state index contributed by atoms with van der Waals surface area (Å²) in [6, 6.07) is 3.30. The van der Waals surface area contributed by atoms with Gasteiger partial charge in [0.1, 0.15) is 12.7 Å². The van der Waals surface area contributed by atoms with Crippen molar-refractivity contribution >= 4 is 17.2 Å². The van der Waals surface area contributed by atoms with Crippen LogP contribution < -0.4 is 10.1 Å². The van der Waals surface area contributed by atoms with Gasteiger partial charge in [-0.3, -0.25) is 4.79 Å². The van der Waals surface area contributed by atoms with Gasteiger partial charge >= 0.3 is 0 Å². The minimum absolute atomic E-state index is 0.0181. The molecule has 1 rings (SSSR count). The Morgan fingerprint density at radius 2 is 2.40 bits per heavy atom. The number of hydrogen-bond donors (Lipinski definition) is 3. The van der Waals surface area contributed by atoms with Gasteiger partial charge in [0.15, 0.2) is 5.06 Å². The molecule has 0 radical (unpaired) electrons. The van der Waals surface area contributed by atoms with Crippen LogP contribution in [0.15, 0.2) is 12.1 Å². The van der Waals surface area contributed by atoms with E-state index in [1.165, 1.54) is 11.3 Å². The van der Waals surface area contributed by atoms with Gasteiger partial charge in [-0.15, -0.1) is 0 Å². The van der Waals surface area contributed by atoms with Gasteiger partial charge in [0.2, 0.25) is 0 Å². The average Bonchev–Trinajstić information content (AvgIpc) is 2.73. The number of hydrogen-bond acceptors (Lipinski definition) is 5. The smallest absolute Gasteiger partial charge is 0.261 e. The van der Waals surface area contributed by atoms with Gasteiger partial charge in [-0.1, -0.05) is 11.3 Å². The highest BCUT2D eigenvalue weighted by atomic mass is 32.1. The predicted octanol–water partition coefficient (Wildman–Crippen LogP) is -0.160. The van der Waals surface area contributed by atoms with Gasteiger partial charge in [-0.25, -0.2) is 0 Å². The zero-order valence-electron chi connectivity index (χ0n) is 8.27. The third-order valence-corrected chi connectivity index (χ3v) is 2.66. The van der Waals surface area contributed by atoms with E-state index < -0.39 is 6.10 Å². The molecular formula is C9H13NO4S. The van der Waals surface area contributed by atoms with Crippen LogP contribution in [0.3, 0.4) is 0 Å². The Balaban J connectivity index is 2.49. The summed E-state index contributed by atoms with van der Waals surface area (Å²) in [4.78, 5) is 11.7. The van der Waals surface area contributed by atoms with Gasteiger partial charge in [-0.2, -0.15) is 0 Å². The van der Waals surface area contributed by atoms with E-state index in [1.54, 1.807) is 19.2 Å². The molecule has 0 aromatic carbocycles. The average molecular weight is 231 g/mol. The number of nitrogens with one attached hydrogen (secondary N) is 1. The molecule has 1 aromatic heterocycles. The Hall–Kier alpha value is -1.11. The van der Waals surface area contributed by atoms with Crippen LogP contribution in [0.5, 0.6) is 5.06 Å². The number of aliphatic hydroxyl groups is 2. The van der Waals surface area contributed by atoms with E-state index in [0.717, 1.165) is 0 Å². The van der Waals surface area contributed by atoms with E-state index in [1.807, 2.05) is 0 Å². The van der Waals surface area contributed by atoms with E-state index >= 15 is 0 Å². The molecule has 1 amide bonds. The minimum Gasteiger partial charge on any atom is -0.481 e. The van der Waals surface area contributed by atoms with E-state index in [4.69, 9.17) is 14.9 Å². The van der Waals surface area contributed by atoms with E-state index in [2.05, 4.69) is 5.32 Å². The zero-order valence-corrected chi connectivity index (χ0v) is 9.08. The molecular weight excluding hydrogens is 218 g/mol. The maximum atomic E-state index is 11.2. The fourth-order valence-electron chi connectivity index (χ4n) is 0.874. The van der Waals surface area contributed by atoms with Crippen molar-refractivity contribution in [2.75, 3.05) is 20.3 Å². The van der Waals surface area contributed by atoms with Crippen molar-refractivity contribution in [1.82, 2.24) is 5.32 Å². The summed E-state index contributed by atoms with van der Waals surface area (Å²) in [5.74, 6) is -0.169. The lowest BCUT2D eigenvalue weighted by Crippen LogP contribution is -2.20. The van der Waals surface area contributed by atoms with E-state index in [9.17, 15) is 4.79 Å². The summed E-state index contributed by atoms with van der Waals surface area (Å²) in [5.41, 5.74) is 0.